The van der Waals surface area contributed by atoms with Crippen LogP contribution in [0.2, 0.25) is 10.0 Å². The fourth-order valence-electron chi connectivity index (χ4n) is 3.82. The molecular weight excluding hydrogens is 427 g/mol. The fourth-order valence-corrected chi connectivity index (χ4v) is 4.44. The highest BCUT2D eigenvalue weighted by Gasteiger charge is 2.53. The van der Waals surface area contributed by atoms with Gasteiger partial charge in [0.2, 0.25) is 0 Å². The third-order valence-electron chi connectivity index (χ3n) is 5.50. The quantitative estimate of drug-likeness (QED) is 0.651. The lowest BCUT2D eigenvalue weighted by Crippen LogP contribution is -2.44. The highest BCUT2D eigenvalue weighted by atomic mass is 35.5. The van der Waals surface area contributed by atoms with Crippen LogP contribution in [0.4, 0.5) is 5.69 Å². The summed E-state index contributed by atoms with van der Waals surface area (Å²) >= 11 is 12.9. The van der Waals surface area contributed by atoms with E-state index in [0.29, 0.717) is 18.8 Å². The van der Waals surface area contributed by atoms with Crippen molar-refractivity contribution in [1.29, 1.82) is 0 Å². The van der Waals surface area contributed by atoms with Gasteiger partial charge in [-0.05, 0) is 31.3 Å². The second-order valence-corrected chi connectivity index (χ2v) is 7.83. The molecule has 6 nitrogen and oxygen atoms in total. The molecule has 0 fully saturated rings. The molecule has 1 aliphatic rings. The van der Waals surface area contributed by atoms with Crippen LogP contribution in [0.3, 0.4) is 0 Å². The van der Waals surface area contributed by atoms with Gasteiger partial charge in [-0.3, -0.25) is 4.79 Å². The van der Waals surface area contributed by atoms with Crippen LogP contribution in [-0.4, -0.2) is 55.2 Å². The molecule has 3 rings (SSSR count). The summed E-state index contributed by atoms with van der Waals surface area (Å²) in [6, 6.07) is 9.55. The van der Waals surface area contributed by atoms with Crippen LogP contribution in [0.15, 0.2) is 36.4 Å². The smallest absolute Gasteiger partial charge is 0.337 e. The number of carbonyl (C=O) groups is 2. The van der Waals surface area contributed by atoms with Gasteiger partial charge in [0.25, 0.3) is 5.91 Å². The molecule has 0 bridgehead atoms. The van der Waals surface area contributed by atoms with Gasteiger partial charge in [-0.25, -0.2) is 4.79 Å². The molecule has 8 heteroatoms. The first-order chi connectivity index (χ1) is 14.3. The second-order valence-electron chi connectivity index (χ2n) is 7.02. The molecule has 2 aromatic rings. The molecule has 1 unspecified atom stereocenters. The number of aliphatic hydroxyl groups is 1. The van der Waals surface area contributed by atoms with Gasteiger partial charge in [0.05, 0.1) is 23.4 Å². The topological polar surface area (TPSA) is 70.1 Å². The fraction of sp³-hybridized carbons (Fsp3) is 0.364. The Morgan fingerprint density at radius 3 is 2.43 bits per heavy atom. The normalized spacial score (nSPS) is 18.1. The molecule has 0 aromatic heterocycles. The lowest BCUT2D eigenvalue weighted by Gasteiger charge is -2.26. The second kappa shape index (κ2) is 8.94. The predicted molar refractivity (Wildman–Crippen MR) is 117 cm³/mol. The highest BCUT2D eigenvalue weighted by Crippen LogP contribution is 2.49. The largest absolute Gasteiger partial charge is 0.465 e. The van der Waals surface area contributed by atoms with Gasteiger partial charge in [0.15, 0.2) is 5.60 Å². The summed E-state index contributed by atoms with van der Waals surface area (Å²) in [4.78, 5) is 29.3. The number of esters is 1. The Bertz CT molecular complexity index is 978. The molecule has 1 N–H and O–H groups in total. The number of hydrogen-bond donors (Lipinski definition) is 1. The molecule has 1 heterocycles. The molecule has 0 spiro atoms. The number of rotatable bonds is 7. The van der Waals surface area contributed by atoms with Crippen molar-refractivity contribution in [3.8, 4) is 0 Å². The summed E-state index contributed by atoms with van der Waals surface area (Å²) < 4.78 is 4.81. The number of ether oxygens (including phenoxy) is 1. The van der Waals surface area contributed by atoms with Crippen molar-refractivity contribution in [3.63, 3.8) is 0 Å². The molecule has 30 heavy (non-hydrogen) atoms. The number of methoxy groups -OCH3 is 1. The maximum atomic E-state index is 13.6. The Labute approximate surface area is 185 Å². The molecule has 2 aromatic carbocycles. The lowest BCUT2D eigenvalue weighted by molar-refractivity contribution is -0.132. The molecule has 0 radical (unpaired) electrons. The number of nitrogens with zero attached hydrogens (tertiary/aromatic N) is 2. The minimum absolute atomic E-state index is 0.0917. The van der Waals surface area contributed by atoms with E-state index in [9.17, 15) is 14.7 Å². The van der Waals surface area contributed by atoms with Crippen molar-refractivity contribution in [2.75, 3.05) is 38.2 Å². The maximum Gasteiger partial charge on any atom is 0.337 e. The average Bonchev–Trinajstić information content (AvgIpc) is 2.96. The molecule has 0 aliphatic carbocycles. The Hall–Kier alpha value is -2.12. The molecule has 160 valence electrons. The third-order valence-corrected chi connectivity index (χ3v) is 6.12. The summed E-state index contributed by atoms with van der Waals surface area (Å²) in [6.07, 6.45) is 0. The number of benzene rings is 2. The number of carbonyl (C=O) groups excluding carboxylic acids is 2. The van der Waals surface area contributed by atoms with E-state index in [1.807, 2.05) is 13.8 Å². The summed E-state index contributed by atoms with van der Waals surface area (Å²) in [5.74, 6) is -1.13. The molecule has 0 saturated heterocycles. The highest BCUT2D eigenvalue weighted by molar-refractivity contribution is 6.35. The predicted octanol–water partition coefficient (Wildman–Crippen LogP) is 3.70. The van der Waals surface area contributed by atoms with Gasteiger partial charge in [0, 0.05) is 29.2 Å². The van der Waals surface area contributed by atoms with Crippen molar-refractivity contribution >= 4 is 40.8 Å². The summed E-state index contributed by atoms with van der Waals surface area (Å²) in [7, 11) is 1.27. The number of halogens is 2. The van der Waals surface area contributed by atoms with Crippen molar-refractivity contribution in [1.82, 2.24) is 4.90 Å². The number of amides is 1. The van der Waals surface area contributed by atoms with Crippen LogP contribution in [0.1, 0.15) is 35.3 Å². The van der Waals surface area contributed by atoms with Gasteiger partial charge < -0.3 is 19.6 Å². The molecule has 1 atom stereocenters. The van der Waals surface area contributed by atoms with E-state index in [4.69, 9.17) is 27.9 Å². The standard InChI is InChI=1S/C22H24Cl2N2O4/c1-4-25(5-2)10-11-26-18-13-14(20(27)30-3)12-17(24)19(18)22(29,21(26)28)15-8-6-7-9-16(15)23/h6-9,12-13,29H,4-5,10-11H2,1-3H3. The SMILES string of the molecule is CCN(CC)CCN1C(=O)C(O)(c2ccccc2Cl)c2c(Cl)cc(C(=O)OC)cc21. The number of hydrogen-bond acceptors (Lipinski definition) is 5. The van der Waals surface area contributed by atoms with E-state index in [1.54, 1.807) is 24.3 Å². The minimum atomic E-state index is -2.05. The summed E-state index contributed by atoms with van der Waals surface area (Å²) in [6.45, 7) is 6.63. The average molecular weight is 451 g/mol. The van der Waals surface area contributed by atoms with E-state index in [-0.39, 0.29) is 26.7 Å². The lowest BCUT2D eigenvalue weighted by atomic mass is 9.87. The van der Waals surface area contributed by atoms with Crippen LogP contribution in [-0.2, 0) is 15.1 Å². The zero-order valence-electron chi connectivity index (χ0n) is 17.1. The maximum absolute atomic E-state index is 13.6. The van der Waals surface area contributed by atoms with Crippen molar-refractivity contribution in [3.05, 3.63) is 63.1 Å². The van der Waals surface area contributed by atoms with Gasteiger partial charge >= 0.3 is 5.97 Å². The van der Waals surface area contributed by atoms with Crippen LogP contribution in [0.5, 0.6) is 0 Å². The Morgan fingerprint density at radius 2 is 1.83 bits per heavy atom. The minimum Gasteiger partial charge on any atom is -0.465 e. The summed E-state index contributed by atoms with van der Waals surface area (Å²) in [5.41, 5.74) is -1.01. The molecule has 1 aliphatic heterocycles. The van der Waals surface area contributed by atoms with Gasteiger partial charge in [0.1, 0.15) is 0 Å². The third kappa shape index (κ3) is 3.69. The van der Waals surface area contributed by atoms with Gasteiger partial charge in [-0.15, -0.1) is 0 Å². The molecule has 0 saturated carbocycles. The van der Waals surface area contributed by atoms with Gasteiger partial charge in [-0.2, -0.15) is 0 Å². The van der Waals surface area contributed by atoms with Crippen molar-refractivity contribution in [2.45, 2.75) is 19.4 Å². The molecule has 1 amide bonds. The number of anilines is 1. The van der Waals surface area contributed by atoms with Crippen molar-refractivity contribution in [2.24, 2.45) is 0 Å². The van der Waals surface area contributed by atoms with E-state index in [2.05, 4.69) is 4.90 Å². The Balaban J connectivity index is 2.19. The first-order valence-corrected chi connectivity index (χ1v) is 10.5. The Kier molecular flexibility index (Phi) is 6.72. The van der Waals surface area contributed by atoms with Crippen LogP contribution in [0, 0.1) is 0 Å². The Morgan fingerprint density at radius 1 is 1.17 bits per heavy atom. The van der Waals surface area contributed by atoms with Gasteiger partial charge in [-0.1, -0.05) is 55.2 Å². The van der Waals surface area contributed by atoms with E-state index < -0.39 is 17.5 Å². The van der Waals surface area contributed by atoms with Crippen LogP contribution >= 0.6 is 23.2 Å². The first-order valence-electron chi connectivity index (χ1n) is 9.73. The van der Waals surface area contributed by atoms with Crippen LogP contribution < -0.4 is 4.90 Å². The number of likely N-dealkylation sites (N-methyl/N-ethyl adjacent to an activating group) is 1. The van der Waals surface area contributed by atoms with E-state index in [1.165, 1.54) is 24.1 Å². The number of fused-ring (bicyclic) bond motifs is 1. The zero-order valence-corrected chi connectivity index (χ0v) is 18.6. The monoisotopic (exact) mass is 450 g/mol. The van der Waals surface area contributed by atoms with Crippen molar-refractivity contribution < 1.29 is 19.4 Å². The summed E-state index contributed by atoms with van der Waals surface area (Å²) in [5, 5.41) is 12.0. The van der Waals surface area contributed by atoms with E-state index in [0.717, 1.165) is 13.1 Å². The van der Waals surface area contributed by atoms with Crippen LogP contribution in [0.25, 0.3) is 0 Å². The zero-order chi connectivity index (χ0) is 22.1. The molecular formula is C22H24Cl2N2O4. The first kappa shape index (κ1) is 22.6. The van der Waals surface area contributed by atoms with E-state index >= 15 is 0 Å².